The predicted octanol–water partition coefficient (Wildman–Crippen LogP) is 2.78. The minimum absolute atomic E-state index is 0.0432. The summed E-state index contributed by atoms with van der Waals surface area (Å²) >= 11 is 0. The van der Waals surface area contributed by atoms with Crippen molar-refractivity contribution in [2.24, 2.45) is 11.3 Å². The fourth-order valence-electron chi connectivity index (χ4n) is 2.12. The average Bonchev–Trinajstić information content (AvgIpc) is 2.76. The maximum Gasteiger partial charge on any atom is 0.312 e. The fourth-order valence-corrected chi connectivity index (χ4v) is 2.12. The van der Waals surface area contributed by atoms with Crippen LogP contribution in [0.4, 0.5) is 0 Å². The van der Waals surface area contributed by atoms with Crippen molar-refractivity contribution < 1.29 is 14.3 Å². The first-order chi connectivity index (χ1) is 7.55. The monoisotopic (exact) mass is 228 g/mol. The van der Waals surface area contributed by atoms with E-state index < -0.39 is 0 Å². The normalized spacial score (nSPS) is 26.5. The highest BCUT2D eigenvalue weighted by Gasteiger charge is 2.64. The lowest BCUT2D eigenvalue weighted by Gasteiger charge is -2.04. The quantitative estimate of drug-likeness (QED) is 0.496. The molecule has 0 N–H and O–H groups in total. The van der Waals surface area contributed by atoms with Gasteiger partial charge in [-0.25, -0.2) is 0 Å². The van der Waals surface area contributed by atoms with Gasteiger partial charge in [0.1, 0.15) is 0 Å². The van der Waals surface area contributed by atoms with Gasteiger partial charge >= 0.3 is 5.97 Å². The van der Waals surface area contributed by atoms with Crippen LogP contribution < -0.4 is 0 Å². The Kier molecular flexibility index (Phi) is 4.78. The van der Waals surface area contributed by atoms with Gasteiger partial charge in [0.15, 0.2) is 0 Å². The second kappa shape index (κ2) is 5.67. The third-order valence-electron chi connectivity index (χ3n) is 3.31. The Morgan fingerprint density at radius 3 is 2.50 bits per heavy atom. The molecule has 3 nitrogen and oxygen atoms in total. The molecule has 0 spiro atoms. The molecule has 0 heterocycles. The fraction of sp³-hybridized carbons (Fsp3) is 0.923. The Morgan fingerprint density at radius 2 is 1.94 bits per heavy atom. The molecule has 0 aromatic rings. The van der Waals surface area contributed by atoms with Gasteiger partial charge in [-0.3, -0.25) is 4.79 Å². The number of unbranched alkanes of at least 4 members (excludes halogenated alkanes) is 2. The molecular formula is C13H24O3. The number of hydrogen-bond acceptors (Lipinski definition) is 3. The summed E-state index contributed by atoms with van der Waals surface area (Å²) in [7, 11) is 0. The summed E-state index contributed by atoms with van der Waals surface area (Å²) in [5, 5.41) is 0. The standard InChI is InChI=1S/C13H24O3/c1-5-7-8-9-16-11-10(13(11,3)4)12(14)15-6-2/h10-11H,5-9H2,1-4H3. The maximum absolute atomic E-state index is 11.6. The van der Waals surface area contributed by atoms with E-state index in [1.54, 1.807) is 0 Å². The molecule has 2 atom stereocenters. The van der Waals surface area contributed by atoms with Gasteiger partial charge in [-0.2, -0.15) is 0 Å². The molecular weight excluding hydrogens is 204 g/mol. The smallest absolute Gasteiger partial charge is 0.312 e. The van der Waals surface area contributed by atoms with Crippen molar-refractivity contribution in [1.29, 1.82) is 0 Å². The first kappa shape index (κ1) is 13.5. The molecule has 0 bridgehead atoms. The molecule has 94 valence electrons. The van der Waals surface area contributed by atoms with Gasteiger partial charge in [0, 0.05) is 12.0 Å². The zero-order valence-electron chi connectivity index (χ0n) is 10.9. The summed E-state index contributed by atoms with van der Waals surface area (Å²) in [6.07, 6.45) is 3.53. The Morgan fingerprint density at radius 1 is 1.25 bits per heavy atom. The highest BCUT2D eigenvalue weighted by atomic mass is 16.5. The van der Waals surface area contributed by atoms with Crippen molar-refractivity contribution in [1.82, 2.24) is 0 Å². The van der Waals surface area contributed by atoms with Gasteiger partial charge in [0.2, 0.25) is 0 Å². The van der Waals surface area contributed by atoms with E-state index in [-0.39, 0.29) is 23.4 Å². The van der Waals surface area contributed by atoms with Gasteiger partial charge in [-0.05, 0) is 13.3 Å². The van der Waals surface area contributed by atoms with Crippen LogP contribution in [0.5, 0.6) is 0 Å². The van der Waals surface area contributed by atoms with E-state index in [2.05, 4.69) is 20.8 Å². The molecule has 1 rings (SSSR count). The first-order valence-electron chi connectivity index (χ1n) is 6.33. The van der Waals surface area contributed by atoms with Crippen molar-refractivity contribution in [3.05, 3.63) is 0 Å². The number of rotatable bonds is 7. The highest BCUT2D eigenvalue weighted by Crippen LogP contribution is 2.54. The van der Waals surface area contributed by atoms with E-state index in [0.717, 1.165) is 13.0 Å². The van der Waals surface area contributed by atoms with Crippen molar-refractivity contribution >= 4 is 5.97 Å². The summed E-state index contributed by atoms with van der Waals surface area (Å²) in [5.41, 5.74) is -0.0432. The molecule has 0 aliphatic heterocycles. The largest absolute Gasteiger partial charge is 0.466 e. The van der Waals surface area contributed by atoms with Gasteiger partial charge in [0.25, 0.3) is 0 Å². The Hall–Kier alpha value is -0.570. The summed E-state index contributed by atoms with van der Waals surface area (Å²) < 4.78 is 10.8. The maximum atomic E-state index is 11.6. The van der Waals surface area contributed by atoms with Crippen LogP contribution in [-0.2, 0) is 14.3 Å². The summed E-state index contributed by atoms with van der Waals surface area (Å²) in [5.74, 6) is -0.165. The molecule has 0 amide bonds. The molecule has 16 heavy (non-hydrogen) atoms. The minimum atomic E-state index is -0.104. The highest BCUT2D eigenvalue weighted by molar-refractivity contribution is 5.78. The minimum Gasteiger partial charge on any atom is -0.466 e. The molecule has 0 aromatic heterocycles. The van der Waals surface area contributed by atoms with Crippen molar-refractivity contribution in [2.45, 2.75) is 53.1 Å². The Bertz CT molecular complexity index is 235. The number of hydrogen-bond donors (Lipinski definition) is 0. The zero-order chi connectivity index (χ0) is 12.2. The summed E-state index contributed by atoms with van der Waals surface area (Å²) in [4.78, 5) is 11.6. The van der Waals surface area contributed by atoms with Crippen molar-refractivity contribution in [3.8, 4) is 0 Å². The van der Waals surface area contributed by atoms with E-state index in [1.165, 1.54) is 12.8 Å². The number of esters is 1. The summed E-state index contributed by atoms with van der Waals surface area (Å²) in [6.45, 7) is 9.36. The third kappa shape index (κ3) is 2.97. The van der Waals surface area contributed by atoms with Crippen LogP contribution in [0, 0.1) is 11.3 Å². The lowest BCUT2D eigenvalue weighted by Crippen LogP contribution is -2.11. The SMILES string of the molecule is CCCCCOC1C(C(=O)OCC)C1(C)C. The van der Waals surface area contributed by atoms with E-state index in [9.17, 15) is 4.79 Å². The van der Waals surface area contributed by atoms with Crippen molar-refractivity contribution in [3.63, 3.8) is 0 Å². The Labute approximate surface area is 98.5 Å². The van der Waals surface area contributed by atoms with Crippen LogP contribution in [0.15, 0.2) is 0 Å². The second-order valence-electron chi connectivity index (χ2n) is 5.05. The number of carbonyl (C=O) groups excluding carboxylic acids is 1. The van der Waals surface area contributed by atoms with Gasteiger partial charge < -0.3 is 9.47 Å². The van der Waals surface area contributed by atoms with Gasteiger partial charge in [0.05, 0.1) is 18.6 Å². The van der Waals surface area contributed by atoms with E-state index in [1.807, 2.05) is 6.92 Å². The molecule has 0 aromatic carbocycles. The van der Waals surface area contributed by atoms with Crippen LogP contribution >= 0.6 is 0 Å². The molecule has 3 heteroatoms. The number of carbonyl (C=O) groups is 1. The summed E-state index contributed by atoms with van der Waals surface area (Å²) in [6, 6.07) is 0. The second-order valence-corrected chi connectivity index (χ2v) is 5.05. The van der Waals surface area contributed by atoms with Crippen LogP contribution in [0.2, 0.25) is 0 Å². The molecule has 0 radical (unpaired) electrons. The molecule has 2 unspecified atom stereocenters. The van der Waals surface area contributed by atoms with Crippen LogP contribution in [0.25, 0.3) is 0 Å². The molecule has 1 saturated carbocycles. The third-order valence-corrected chi connectivity index (χ3v) is 3.31. The topological polar surface area (TPSA) is 35.5 Å². The average molecular weight is 228 g/mol. The number of ether oxygens (including phenoxy) is 2. The van der Waals surface area contributed by atoms with Gasteiger partial charge in [-0.1, -0.05) is 33.6 Å². The van der Waals surface area contributed by atoms with Crippen LogP contribution in [-0.4, -0.2) is 25.3 Å². The first-order valence-corrected chi connectivity index (χ1v) is 6.33. The lowest BCUT2D eigenvalue weighted by molar-refractivity contribution is -0.146. The van der Waals surface area contributed by atoms with Crippen LogP contribution in [0.1, 0.15) is 47.0 Å². The van der Waals surface area contributed by atoms with E-state index in [4.69, 9.17) is 9.47 Å². The van der Waals surface area contributed by atoms with Gasteiger partial charge in [-0.15, -0.1) is 0 Å². The van der Waals surface area contributed by atoms with Crippen LogP contribution in [0.3, 0.4) is 0 Å². The zero-order valence-corrected chi connectivity index (χ0v) is 10.9. The molecule has 1 fully saturated rings. The lowest BCUT2D eigenvalue weighted by atomic mass is 10.1. The molecule has 0 saturated heterocycles. The Balaban J connectivity index is 2.30. The van der Waals surface area contributed by atoms with Crippen molar-refractivity contribution in [2.75, 3.05) is 13.2 Å². The molecule has 1 aliphatic carbocycles. The van der Waals surface area contributed by atoms with E-state index in [0.29, 0.717) is 6.61 Å². The van der Waals surface area contributed by atoms with E-state index >= 15 is 0 Å². The molecule has 1 aliphatic rings. The predicted molar refractivity (Wildman–Crippen MR) is 63.2 cm³/mol.